The van der Waals surface area contributed by atoms with Crippen molar-refractivity contribution in [2.24, 2.45) is 0 Å². The van der Waals surface area contributed by atoms with Crippen LogP contribution in [0.4, 0.5) is 20.4 Å². The van der Waals surface area contributed by atoms with Crippen molar-refractivity contribution >= 4 is 11.6 Å². The van der Waals surface area contributed by atoms with Crippen molar-refractivity contribution in [3.05, 3.63) is 83.7 Å². The molecule has 2 aromatic carbocycles. The van der Waals surface area contributed by atoms with E-state index < -0.39 is 0 Å². The average molecular weight is 420 g/mol. The molecule has 4 aromatic rings. The molecule has 31 heavy (non-hydrogen) atoms. The van der Waals surface area contributed by atoms with E-state index in [1.165, 1.54) is 18.2 Å². The molecule has 0 amide bonds. The van der Waals surface area contributed by atoms with Gasteiger partial charge in [0.05, 0.1) is 5.69 Å². The summed E-state index contributed by atoms with van der Waals surface area (Å²) in [6, 6.07) is 11.5. The molecule has 1 aliphatic heterocycles. The average Bonchev–Trinajstić information content (AvgIpc) is 3.30. The van der Waals surface area contributed by atoms with Gasteiger partial charge in [0.25, 0.3) is 0 Å². The highest BCUT2D eigenvalue weighted by atomic mass is 19.1. The summed E-state index contributed by atoms with van der Waals surface area (Å²) in [6.07, 6.45) is 6.35. The maximum absolute atomic E-state index is 14.7. The smallest absolute Gasteiger partial charge is 0.246 e. The molecule has 5 rings (SSSR count). The van der Waals surface area contributed by atoms with Crippen molar-refractivity contribution in [2.75, 3.05) is 5.32 Å². The van der Waals surface area contributed by atoms with Gasteiger partial charge < -0.3 is 9.88 Å². The maximum Gasteiger partial charge on any atom is 0.246 e. The SMILES string of the molecule is Cc1nccn1-c1ccc(Nc2nc3n(n2)CCCC[C@H]3c2ccc(F)cc2)cc1F. The first kappa shape index (κ1) is 19.4. The molecule has 1 atom stereocenters. The van der Waals surface area contributed by atoms with E-state index in [4.69, 9.17) is 4.98 Å². The number of rotatable bonds is 4. The highest BCUT2D eigenvalue weighted by Gasteiger charge is 2.24. The predicted octanol–water partition coefficient (Wildman–Crippen LogP) is 5.11. The molecule has 0 aliphatic carbocycles. The molecule has 1 N–H and O–H groups in total. The molecule has 158 valence electrons. The number of benzene rings is 2. The normalized spacial score (nSPS) is 16.0. The number of hydrogen-bond donors (Lipinski definition) is 1. The molecule has 0 unspecified atom stereocenters. The van der Waals surface area contributed by atoms with Crippen molar-refractivity contribution in [1.82, 2.24) is 24.3 Å². The Balaban J connectivity index is 1.42. The number of imidazole rings is 1. The van der Waals surface area contributed by atoms with Gasteiger partial charge in [0.2, 0.25) is 5.95 Å². The number of fused-ring (bicyclic) bond motifs is 1. The first-order valence-corrected chi connectivity index (χ1v) is 10.4. The van der Waals surface area contributed by atoms with Crippen LogP contribution >= 0.6 is 0 Å². The summed E-state index contributed by atoms with van der Waals surface area (Å²) in [5.41, 5.74) is 2.03. The summed E-state index contributed by atoms with van der Waals surface area (Å²) in [7, 11) is 0. The summed E-state index contributed by atoms with van der Waals surface area (Å²) in [5, 5.41) is 7.72. The monoisotopic (exact) mass is 420 g/mol. The molecule has 1 aliphatic rings. The molecule has 0 bridgehead atoms. The van der Waals surface area contributed by atoms with E-state index in [1.54, 1.807) is 29.1 Å². The quantitative estimate of drug-likeness (QED) is 0.498. The number of halogens is 2. The lowest BCUT2D eigenvalue weighted by Crippen LogP contribution is -2.08. The van der Waals surface area contributed by atoms with Crippen LogP contribution in [0.5, 0.6) is 0 Å². The molecule has 0 saturated heterocycles. The maximum atomic E-state index is 14.7. The minimum absolute atomic E-state index is 0.0504. The summed E-state index contributed by atoms with van der Waals surface area (Å²) in [5.74, 6) is 1.42. The first-order valence-electron chi connectivity index (χ1n) is 10.4. The van der Waals surface area contributed by atoms with Gasteiger partial charge in [-0.25, -0.2) is 18.4 Å². The Bertz CT molecular complexity index is 1210. The van der Waals surface area contributed by atoms with Gasteiger partial charge in [-0.3, -0.25) is 0 Å². The van der Waals surface area contributed by atoms with Crippen LogP contribution in [0.2, 0.25) is 0 Å². The highest BCUT2D eigenvalue weighted by Crippen LogP contribution is 2.32. The van der Waals surface area contributed by atoms with E-state index in [9.17, 15) is 8.78 Å². The van der Waals surface area contributed by atoms with E-state index in [2.05, 4.69) is 15.4 Å². The predicted molar refractivity (Wildman–Crippen MR) is 114 cm³/mol. The second-order valence-electron chi connectivity index (χ2n) is 7.75. The standard InChI is InChI=1S/C23H22F2N6/c1-15-26-11-13-30(15)21-10-9-18(14-20(21)25)27-23-28-22-19(4-2-3-12-31(22)29-23)16-5-7-17(24)8-6-16/h5-11,13-14,19H,2-4,12H2,1H3,(H,27,29)/t19-/m0/s1. The molecule has 0 radical (unpaired) electrons. The third-order valence-corrected chi connectivity index (χ3v) is 5.69. The van der Waals surface area contributed by atoms with Gasteiger partial charge in [0.1, 0.15) is 23.3 Å². The van der Waals surface area contributed by atoms with Crippen molar-refractivity contribution in [3.63, 3.8) is 0 Å². The lowest BCUT2D eigenvalue weighted by Gasteiger charge is -2.14. The Kier molecular flexibility index (Phi) is 4.97. The van der Waals surface area contributed by atoms with Crippen LogP contribution in [0.25, 0.3) is 5.69 Å². The molecule has 0 fully saturated rings. The summed E-state index contributed by atoms with van der Waals surface area (Å²) >= 11 is 0. The Morgan fingerprint density at radius 1 is 1.06 bits per heavy atom. The van der Waals surface area contributed by atoms with Gasteiger partial charge in [-0.15, -0.1) is 5.10 Å². The van der Waals surface area contributed by atoms with Crippen LogP contribution in [-0.4, -0.2) is 24.3 Å². The number of hydrogen-bond acceptors (Lipinski definition) is 4. The number of aromatic nitrogens is 5. The van der Waals surface area contributed by atoms with Crippen LogP contribution in [0.3, 0.4) is 0 Å². The molecule has 2 aromatic heterocycles. The third kappa shape index (κ3) is 3.81. The fraction of sp³-hybridized carbons (Fsp3) is 0.261. The lowest BCUT2D eigenvalue weighted by atomic mass is 9.93. The zero-order chi connectivity index (χ0) is 21.4. The van der Waals surface area contributed by atoms with E-state index >= 15 is 0 Å². The summed E-state index contributed by atoms with van der Waals surface area (Å²) < 4.78 is 31.7. The first-order chi connectivity index (χ1) is 15.1. The fourth-order valence-corrected chi connectivity index (χ4v) is 4.12. The van der Waals surface area contributed by atoms with Crippen LogP contribution in [0.15, 0.2) is 54.9 Å². The molecule has 0 saturated carbocycles. The zero-order valence-electron chi connectivity index (χ0n) is 17.1. The number of anilines is 2. The minimum atomic E-state index is -0.365. The molecule has 3 heterocycles. The zero-order valence-corrected chi connectivity index (χ0v) is 17.1. The molecular formula is C23H22F2N6. The van der Waals surface area contributed by atoms with Crippen LogP contribution in [0, 0.1) is 18.6 Å². The third-order valence-electron chi connectivity index (χ3n) is 5.69. The van der Waals surface area contributed by atoms with Crippen LogP contribution < -0.4 is 5.32 Å². The van der Waals surface area contributed by atoms with Crippen molar-refractivity contribution in [1.29, 1.82) is 0 Å². The van der Waals surface area contributed by atoms with Crippen molar-refractivity contribution in [3.8, 4) is 5.69 Å². The van der Waals surface area contributed by atoms with Crippen molar-refractivity contribution in [2.45, 2.75) is 38.6 Å². The van der Waals surface area contributed by atoms with Gasteiger partial charge in [0, 0.05) is 30.5 Å². The highest BCUT2D eigenvalue weighted by molar-refractivity contribution is 5.56. The van der Waals surface area contributed by atoms with Crippen LogP contribution in [0.1, 0.15) is 42.4 Å². The number of nitrogens with zero attached hydrogens (tertiary/aromatic N) is 5. The van der Waals surface area contributed by atoms with E-state index in [0.29, 0.717) is 23.1 Å². The van der Waals surface area contributed by atoms with Gasteiger partial charge in [-0.2, -0.15) is 4.98 Å². The second-order valence-corrected chi connectivity index (χ2v) is 7.75. The topological polar surface area (TPSA) is 60.6 Å². The van der Waals surface area contributed by atoms with E-state index in [0.717, 1.165) is 37.2 Å². The molecule has 8 heteroatoms. The Hall–Kier alpha value is -3.55. The van der Waals surface area contributed by atoms with Gasteiger partial charge in [0.15, 0.2) is 0 Å². The van der Waals surface area contributed by atoms with E-state index in [-0.39, 0.29) is 17.6 Å². The lowest BCUT2D eigenvalue weighted by molar-refractivity contribution is 0.576. The Morgan fingerprint density at radius 2 is 1.90 bits per heavy atom. The Morgan fingerprint density at radius 3 is 2.65 bits per heavy atom. The van der Waals surface area contributed by atoms with Crippen LogP contribution in [-0.2, 0) is 6.54 Å². The summed E-state index contributed by atoms with van der Waals surface area (Å²) in [4.78, 5) is 8.85. The fourth-order valence-electron chi connectivity index (χ4n) is 4.12. The van der Waals surface area contributed by atoms with Gasteiger partial charge in [-0.05, 0) is 55.7 Å². The second kappa shape index (κ2) is 7.94. The van der Waals surface area contributed by atoms with Gasteiger partial charge >= 0.3 is 0 Å². The number of nitrogens with one attached hydrogen (secondary N) is 1. The van der Waals surface area contributed by atoms with Crippen molar-refractivity contribution < 1.29 is 8.78 Å². The summed E-state index contributed by atoms with van der Waals surface area (Å²) in [6.45, 7) is 2.60. The number of aryl methyl sites for hydroxylation is 2. The van der Waals surface area contributed by atoms with Gasteiger partial charge in [-0.1, -0.05) is 18.6 Å². The minimum Gasteiger partial charge on any atom is -0.323 e. The molecule has 0 spiro atoms. The largest absolute Gasteiger partial charge is 0.323 e. The molecular weight excluding hydrogens is 398 g/mol. The Labute approximate surface area is 178 Å². The van der Waals surface area contributed by atoms with E-state index in [1.807, 2.05) is 23.7 Å². The molecule has 6 nitrogen and oxygen atoms in total.